The summed E-state index contributed by atoms with van der Waals surface area (Å²) >= 11 is 1.15. The molecule has 0 N–H and O–H groups in total. The van der Waals surface area contributed by atoms with E-state index in [-0.39, 0.29) is 29.3 Å². The van der Waals surface area contributed by atoms with Crippen molar-refractivity contribution in [3.8, 4) is 0 Å². The van der Waals surface area contributed by atoms with Crippen LogP contribution in [0.2, 0.25) is 0 Å². The van der Waals surface area contributed by atoms with Crippen LogP contribution in [0.3, 0.4) is 0 Å². The second-order valence-corrected chi connectivity index (χ2v) is 10.0. The number of hydrogen-bond donors (Lipinski definition) is 0. The van der Waals surface area contributed by atoms with Crippen molar-refractivity contribution in [3.63, 3.8) is 0 Å². The average Bonchev–Trinajstić information content (AvgIpc) is 3.20. The van der Waals surface area contributed by atoms with Crippen molar-refractivity contribution in [2.75, 3.05) is 13.7 Å². The van der Waals surface area contributed by atoms with E-state index in [1.807, 2.05) is 13.8 Å². The maximum atomic E-state index is 13.7. The lowest BCUT2D eigenvalue weighted by molar-refractivity contribution is -0.384. The molecule has 2 aromatic carbocycles. The molecule has 1 unspecified atom stereocenters. The largest absolute Gasteiger partial charge is 0.465 e. The molecule has 0 saturated heterocycles. The first-order chi connectivity index (χ1) is 18.1. The molecule has 0 fully saturated rings. The van der Waals surface area contributed by atoms with Gasteiger partial charge in [-0.25, -0.2) is 14.6 Å². The Bertz CT molecular complexity index is 1610. The first-order valence-corrected chi connectivity index (χ1v) is 12.5. The van der Waals surface area contributed by atoms with E-state index in [0.29, 0.717) is 31.7 Å². The van der Waals surface area contributed by atoms with Crippen LogP contribution in [0.4, 0.5) is 5.69 Å². The fraction of sp³-hybridized carbons (Fsp3) is 0.259. The molecular formula is C27H25N3O7S. The molecule has 196 valence electrons. The van der Waals surface area contributed by atoms with Crippen LogP contribution in [-0.4, -0.2) is 35.1 Å². The Kier molecular flexibility index (Phi) is 7.67. The summed E-state index contributed by atoms with van der Waals surface area (Å²) in [5.74, 6) is -0.973. The molecule has 10 nitrogen and oxygen atoms in total. The van der Waals surface area contributed by atoms with Crippen LogP contribution in [0, 0.1) is 16.0 Å². The third-order valence-corrected chi connectivity index (χ3v) is 6.82. The number of methoxy groups -OCH3 is 1. The lowest BCUT2D eigenvalue weighted by Crippen LogP contribution is -2.40. The number of fused-ring (bicyclic) bond motifs is 1. The first kappa shape index (κ1) is 26.7. The maximum Gasteiger partial charge on any atom is 0.338 e. The number of non-ortho nitro benzene ring substituents is 1. The van der Waals surface area contributed by atoms with Crippen LogP contribution in [-0.2, 0) is 14.3 Å². The van der Waals surface area contributed by atoms with Crippen LogP contribution in [0.15, 0.2) is 69.6 Å². The molecule has 38 heavy (non-hydrogen) atoms. The third-order valence-electron chi connectivity index (χ3n) is 5.84. The zero-order valence-electron chi connectivity index (χ0n) is 21.2. The van der Waals surface area contributed by atoms with Crippen molar-refractivity contribution >= 4 is 35.0 Å². The number of aromatic nitrogens is 1. The molecule has 0 aliphatic carbocycles. The fourth-order valence-electron chi connectivity index (χ4n) is 3.98. The molecule has 1 aliphatic heterocycles. The SMILES string of the molecule is COC(=O)c1ccc(C2C(C(=O)OCC(C)C)=C(C)N=c3sc(=Cc4ccc([N+](=O)[O-])cc4)c(=O)n32)cc1. The number of esters is 2. The molecule has 0 bridgehead atoms. The van der Waals surface area contributed by atoms with Gasteiger partial charge in [-0.05, 0) is 54.3 Å². The summed E-state index contributed by atoms with van der Waals surface area (Å²) in [5, 5.41) is 11.0. The summed E-state index contributed by atoms with van der Waals surface area (Å²) in [7, 11) is 1.29. The van der Waals surface area contributed by atoms with E-state index in [2.05, 4.69) is 4.99 Å². The van der Waals surface area contributed by atoms with Gasteiger partial charge in [0.2, 0.25) is 0 Å². The number of hydrogen-bond acceptors (Lipinski definition) is 9. The molecule has 11 heteroatoms. The minimum absolute atomic E-state index is 0.0563. The monoisotopic (exact) mass is 535 g/mol. The molecule has 4 rings (SSSR count). The van der Waals surface area contributed by atoms with Gasteiger partial charge >= 0.3 is 11.9 Å². The number of nitrogens with zero attached hydrogens (tertiary/aromatic N) is 3. The average molecular weight is 536 g/mol. The smallest absolute Gasteiger partial charge is 0.338 e. The van der Waals surface area contributed by atoms with Crippen molar-refractivity contribution in [2.24, 2.45) is 10.9 Å². The van der Waals surface area contributed by atoms with Gasteiger partial charge in [0.05, 0.1) is 46.0 Å². The van der Waals surface area contributed by atoms with Crippen molar-refractivity contribution in [3.05, 3.63) is 106 Å². The zero-order valence-corrected chi connectivity index (χ0v) is 22.0. The van der Waals surface area contributed by atoms with Gasteiger partial charge in [-0.2, -0.15) is 0 Å². The van der Waals surface area contributed by atoms with Gasteiger partial charge in [0.15, 0.2) is 4.80 Å². The molecule has 3 aromatic rings. The molecule has 1 aromatic heterocycles. The molecule has 0 radical (unpaired) electrons. The predicted octanol–water partition coefficient (Wildman–Crippen LogP) is 3.13. The van der Waals surface area contributed by atoms with Crippen molar-refractivity contribution in [2.45, 2.75) is 26.8 Å². The van der Waals surface area contributed by atoms with Crippen molar-refractivity contribution in [1.29, 1.82) is 0 Å². The molecule has 0 spiro atoms. The summed E-state index contributed by atoms with van der Waals surface area (Å²) in [6.07, 6.45) is 1.63. The number of allylic oxidation sites excluding steroid dienone is 1. The number of ether oxygens (including phenoxy) is 2. The van der Waals surface area contributed by atoms with E-state index in [9.17, 15) is 24.5 Å². The second-order valence-electron chi connectivity index (χ2n) is 9.04. The number of rotatable bonds is 7. The Balaban J connectivity index is 1.86. The number of nitro benzene ring substituents is 1. The molecule has 0 saturated carbocycles. The Morgan fingerprint density at radius 3 is 2.37 bits per heavy atom. The summed E-state index contributed by atoms with van der Waals surface area (Å²) in [5.41, 5.74) is 1.73. The minimum atomic E-state index is -0.836. The highest BCUT2D eigenvalue weighted by molar-refractivity contribution is 7.07. The summed E-state index contributed by atoms with van der Waals surface area (Å²) in [6.45, 7) is 5.73. The number of nitro groups is 1. The molecule has 2 heterocycles. The van der Waals surface area contributed by atoms with E-state index < -0.39 is 22.9 Å². The van der Waals surface area contributed by atoms with E-state index >= 15 is 0 Å². The Morgan fingerprint density at radius 2 is 1.79 bits per heavy atom. The topological polar surface area (TPSA) is 130 Å². The number of carbonyl (C=O) groups is 2. The standard InChI is InChI=1S/C27H25N3O7S/c1-15(2)14-37-26(33)22-16(3)28-27-29(23(22)18-7-9-19(10-8-18)25(32)36-4)24(31)21(38-27)13-17-5-11-20(12-6-17)30(34)35/h5-13,15,23H,14H2,1-4H3. The van der Waals surface area contributed by atoms with Crippen molar-refractivity contribution < 1.29 is 24.0 Å². The van der Waals surface area contributed by atoms with Gasteiger partial charge in [-0.3, -0.25) is 19.5 Å². The first-order valence-electron chi connectivity index (χ1n) is 11.7. The van der Waals surface area contributed by atoms with Crippen LogP contribution >= 0.6 is 11.3 Å². The highest BCUT2D eigenvalue weighted by atomic mass is 32.1. The summed E-state index contributed by atoms with van der Waals surface area (Å²) in [6, 6.07) is 11.5. The molecule has 1 aliphatic rings. The Morgan fingerprint density at radius 1 is 1.13 bits per heavy atom. The van der Waals surface area contributed by atoms with Gasteiger partial charge < -0.3 is 9.47 Å². The maximum absolute atomic E-state index is 13.7. The van der Waals surface area contributed by atoms with E-state index in [1.165, 1.54) is 23.8 Å². The van der Waals surface area contributed by atoms with Gasteiger partial charge in [-0.1, -0.05) is 37.3 Å². The number of carbonyl (C=O) groups excluding carboxylic acids is 2. The third kappa shape index (κ3) is 5.32. The lowest BCUT2D eigenvalue weighted by atomic mass is 9.95. The van der Waals surface area contributed by atoms with Crippen LogP contribution < -0.4 is 14.9 Å². The Hall–Kier alpha value is -4.38. The van der Waals surface area contributed by atoms with Crippen molar-refractivity contribution in [1.82, 2.24) is 4.57 Å². The minimum Gasteiger partial charge on any atom is -0.465 e. The van der Waals surface area contributed by atoms with Crippen LogP contribution in [0.5, 0.6) is 0 Å². The Labute approximate surface area is 221 Å². The predicted molar refractivity (Wildman–Crippen MR) is 140 cm³/mol. The zero-order chi connectivity index (χ0) is 27.6. The van der Waals surface area contributed by atoms with Gasteiger partial charge in [-0.15, -0.1) is 0 Å². The highest BCUT2D eigenvalue weighted by Gasteiger charge is 2.33. The second kappa shape index (κ2) is 10.9. The summed E-state index contributed by atoms with van der Waals surface area (Å²) < 4.78 is 12.1. The fourth-order valence-corrected chi connectivity index (χ4v) is 5.03. The normalized spacial score (nSPS) is 15.2. The quantitative estimate of drug-likeness (QED) is 0.258. The van der Waals surface area contributed by atoms with E-state index in [1.54, 1.807) is 49.4 Å². The number of benzene rings is 2. The molecule has 0 amide bonds. The number of thiazole rings is 1. The van der Waals surface area contributed by atoms with E-state index in [4.69, 9.17) is 9.47 Å². The van der Waals surface area contributed by atoms with Gasteiger partial charge in [0.25, 0.3) is 11.2 Å². The van der Waals surface area contributed by atoms with Crippen LogP contribution in [0.1, 0.15) is 48.3 Å². The highest BCUT2D eigenvalue weighted by Crippen LogP contribution is 2.31. The molecular weight excluding hydrogens is 510 g/mol. The van der Waals surface area contributed by atoms with Gasteiger partial charge in [0, 0.05) is 12.1 Å². The molecule has 1 atom stereocenters. The van der Waals surface area contributed by atoms with Gasteiger partial charge in [0.1, 0.15) is 0 Å². The lowest BCUT2D eigenvalue weighted by Gasteiger charge is -2.25. The van der Waals surface area contributed by atoms with Crippen LogP contribution in [0.25, 0.3) is 6.08 Å². The van der Waals surface area contributed by atoms with E-state index in [0.717, 1.165) is 11.3 Å². The summed E-state index contributed by atoms with van der Waals surface area (Å²) in [4.78, 5) is 54.3.